The first kappa shape index (κ1) is 11.1. The van der Waals surface area contributed by atoms with Gasteiger partial charge in [0.05, 0.1) is 5.69 Å². The van der Waals surface area contributed by atoms with Gasteiger partial charge in [-0.25, -0.2) is 4.68 Å². The normalized spacial score (nSPS) is 10.9. The van der Waals surface area contributed by atoms with Crippen molar-refractivity contribution < 1.29 is 0 Å². The quantitative estimate of drug-likeness (QED) is 0.760. The molecular weight excluding hydrogens is 196 g/mol. The second-order valence-corrected chi connectivity index (χ2v) is 4.12. The lowest BCUT2D eigenvalue weighted by molar-refractivity contribution is 0.460. The molecule has 0 saturated heterocycles. The zero-order chi connectivity index (χ0) is 10.7. The summed E-state index contributed by atoms with van der Waals surface area (Å²) in [5, 5.41) is 8.03. The second kappa shape index (κ2) is 4.50. The van der Waals surface area contributed by atoms with Crippen molar-refractivity contribution in [1.29, 1.82) is 0 Å². The summed E-state index contributed by atoms with van der Waals surface area (Å²) in [6.45, 7) is 7.19. The molecule has 0 radical (unpaired) electrons. The third-order valence-corrected chi connectivity index (χ3v) is 2.14. The zero-order valence-electron chi connectivity index (χ0n) is 8.82. The summed E-state index contributed by atoms with van der Waals surface area (Å²) in [4.78, 5) is 0.330. The van der Waals surface area contributed by atoms with E-state index < -0.39 is 0 Å². The van der Waals surface area contributed by atoms with Crippen LogP contribution in [0.4, 0.5) is 0 Å². The van der Waals surface area contributed by atoms with Crippen molar-refractivity contribution in [2.24, 2.45) is 11.7 Å². The first-order valence-corrected chi connectivity index (χ1v) is 5.19. The van der Waals surface area contributed by atoms with Crippen LogP contribution in [-0.2, 0) is 13.0 Å². The molecule has 1 rings (SSSR count). The van der Waals surface area contributed by atoms with E-state index in [9.17, 15) is 0 Å². The van der Waals surface area contributed by atoms with Gasteiger partial charge < -0.3 is 5.73 Å². The summed E-state index contributed by atoms with van der Waals surface area (Å²) in [7, 11) is 0. The Morgan fingerprint density at radius 3 is 2.64 bits per heavy atom. The zero-order valence-corrected chi connectivity index (χ0v) is 9.64. The van der Waals surface area contributed by atoms with Crippen molar-refractivity contribution in [2.45, 2.75) is 33.7 Å². The maximum absolute atomic E-state index is 5.55. The molecule has 1 aromatic heterocycles. The topological polar surface area (TPSA) is 56.7 Å². The number of nitrogens with zero attached hydrogens (tertiary/aromatic N) is 3. The van der Waals surface area contributed by atoms with Crippen LogP contribution in [-0.4, -0.2) is 20.0 Å². The summed E-state index contributed by atoms with van der Waals surface area (Å²) >= 11 is 4.90. The fraction of sp³-hybridized carbons (Fsp3) is 0.667. The average Bonchev–Trinajstić information content (AvgIpc) is 2.46. The van der Waals surface area contributed by atoms with Crippen LogP contribution < -0.4 is 5.73 Å². The molecule has 4 nitrogen and oxygen atoms in total. The van der Waals surface area contributed by atoms with Crippen LogP contribution in [0.25, 0.3) is 0 Å². The van der Waals surface area contributed by atoms with Crippen LogP contribution in [0.2, 0.25) is 0 Å². The molecular formula is C9H16N4S. The Bertz CT molecular complexity index is 330. The number of thiocarbonyl (C=S) groups is 1. The lowest BCUT2D eigenvalue weighted by atomic mass is 10.2. The second-order valence-electron chi connectivity index (χ2n) is 3.68. The van der Waals surface area contributed by atoms with E-state index in [0.29, 0.717) is 16.6 Å². The highest BCUT2D eigenvalue weighted by Gasteiger charge is 2.13. The Hall–Kier alpha value is -0.970. The van der Waals surface area contributed by atoms with Gasteiger partial charge in [-0.1, -0.05) is 38.2 Å². The van der Waals surface area contributed by atoms with Gasteiger partial charge in [0.2, 0.25) is 0 Å². The van der Waals surface area contributed by atoms with Crippen molar-refractivity contribution in [3.8, 4) is 0 Å². The molecule has 0 fully saturated rings. The molecule has 5 heteroatoms. The van der Waals surface area contributed by atoms with Gasteiger partial charge in [-0.3, -0.25) is 0 Å². The van der Waals surface area contributed by atoms with E-state index in [1.165, 1.54) is 0 Å². The van der Waals surface area contributed by atoms with Crippen molar-refractivity contribution in [2.75, 3.05) is 0 Å². The first-order valence-electron chi connectivity index (χ1n) is 4.78. The molecule has 78 valence electrons. The van der Waals surface area contributed by atoms with Crippen molar-refractivity contribution >= 4 is 17.2 Å². The van der Waals surface area contributed by atoms with Crippen LogP contribution >= 0.6 is 12.2 Å². The third kappa shape index (κ3) is 2.29. The maximum atomic E-state index is 5.55. The van der Waals surface area contributed by atoms with E-state index in [4.69, 9.17) is 18.0 Å². The number of hydrogen-bond acceptors (Lipinski definition) is 3. The van der Waals surface area contributed by atoms with Gasteiger partial charge in [-0.05, 0) is 12.3 Å². The molecule has 0 aliphatic rings. The lowest BCUT2D eigenvalue weighted by Gasteiger charge is -2.07. The predicted octanol–water partition coefficient (Wildman–Crippen LogP) is 1.13. The molecule has 0 aromatic carbocycles. The Balaban J connectivity index is 3.01. The standard InChI is InChI=1S/C9H16N4S/c1-4-7-8(9(10)14)11-12-13(7)5-6(2)3/h6H,4-5H2,1-3H3,(H2,10,14). The van der Waals surface area contributed by atoms with Crippen LogP contribution in [0.1, 0.15) is 32.2 Å². The lowest BCUT2D eigenvalue weighted by Crippen LogP contribution is -2.15. The summed E-state index contributed by atoms with van der Waals surface area (Å²) in [5.41, 5.74) is 7.25. The molecule has 0 bridgehead atoms. The molecule has 0 atom stereocenters. The minimum Gasteiger partial charge on any atom is -0.388 e. The Kier molecular flexibility index (Phi) is 3.57. The predicted molar refractivity (Wildman–Crippen MR) is 60.1 cm³/mol. The van der Waals surface area contributed by atoms with E-state index in [-0.39, 0.29) is 0 Å². The Morgan fingerprint density at radius 1 is 1.57 bits per heavy atom. The molecule has 2 N–H and O–H groups in total. The SMILES string of the molecule is CCc1c(C(N)=S)nnn1CC(C)C. The van der Waals surface area contributed by atoms with E-state index in [1.807, 2.05) is 4.68 Å². The minimum atomic E-state index is 0.330. The average molecular weight is 212 g/mol. The van der Waals surface area contributed by atoms with Gasteiger partial charge in [-0.2, -0.15) is 0 Å². The highest BCUT2D eigenvalue weighted by Crippen LogP contribution is 2.08. The van der Waals surface area contributed by atoms with Gasteiger partial charge in [-0.15, -0.1) is 5.10 Å². The van der Waals surface area contributed by atoms with Crippen molar-refractivity contribution in [3.05, 3.63) is 11.4 Å². The number of aromatic nitrogens is 3. The molecule has 0 unspecified atom stereocenters. The number of nitrogens with two attached hydrogens (primary N) is 1. The summed E-state index contributed by atoms with van der Waals surface area (Å²) < 4.78 is 1.89. The van der Waals surface area contributed by atoms with E-state index >= 15 is 0 Å². The first-order chi connectivity index (χ1) is 6.56. The maximum Gasteiger partial charge on any atom is 0.143 e. The Morgan fingerprint density at radius 2 is 2.21 bits per heavy atom. The Labute approximate surface area is 89.5 Å². The van der Waals surface area contributed by atoms with Crippen LogP contribution in [0.5, 0.6) is 0 Å². The third-order valence-electron chi connectivity index (χ3n) is 1.94. The molecule has 0 saturated carbocycles. The van der Waals surface area contributed by atoms with Crippen molar-refractivity contribution in [1.82, 2.24) is 15.0 Å². The van der Waals surface area contributed by atoms with Gasteiger partial charge in [0.15, 0.2) is 0 Å². The molecule has 0 amide bonds. The molecule has 1 aromatic rings. The summed E-state index contributed by atoms with van der Waals surface area (Å²) in [6.07, 6.45) is 0.854. The monoisotopic (exact) mass is 212 g/mol. The van der Waals surface area contributed by atoms with Crippen LogP contribution in [0, 0.1) is 5.92 Å². The summed E-state index contributed by atoms with van der Waals surface area (Å²) in [5.74, 6) is 0.543. The van der Waals surface area contributed by atoms with Gasteiger partial charge >= 0.3 is 0 Å². The summed E-state index contributed by atoms with van der Waals surface area (Å²) in [6, 6.07) is 0. The van der Waals surface area contributed by atoms with Crippen molar-refractivity contribution in [3.63, 3.8) is 0 Å². The smallest absolute Gasteiger partial charge is 0.143 e. The largest absolute Gasteiger partial charge is 0.388 e. The van der Waals surface area contributed by atoms with Gasteiger partial charge in [0, 0.05) is 6.54 Å². The van der Waals surface area contributed by atoms with E-state index in [2.05, 4.69) is 31.1 Å². The van der Waals surface area contributed by atoms with E-state index in [0.717, 1.165) is 18.7 Å². The fourth-order valence-corrected chi connectivity index (χ4v) is 1.53. The van der Waals surface area contributed by atoms with E-state index in [1.54, 1.807) is 0 Å². The fourth-order valence-electron chi connectivity index (χ4n) is 1.37. The minimum absolute atomic E-state index is 0.330. The highest BCUT2D eigenvalue weighted by molar-refractivity contribution is 7.80. The number of hydrogen-bond donors (Lipinski definition) is 1. The van der Waals surface area contributed by atoms with Crippen LogP contribution in [0.15, 0.2) is 0 Å². The van der Waals surface area contributed by atoms with Crippen LogP contribution in [0.3, 0.4) is 0 Å². The molecule has 0 spiro atoms. The van der Waals surface area contributed by atoms with Gasteiger partial charge in [0.25, 0.3) is 0 Å². The number of rotatable bonds is 4. The molecule has 14 heavy (non-hydrogen) atoms. The van der Waals surface area contributed by atoms with Gasteiger partial charge in [0.1, 0.15) is 10.7 Å². The molecule has 1 heterocycles. The highest BCUT2D eigenvalue weighted by atomic mass is 32.1. The molecule has 0 aliphatic heterocycles. The molecule has 0 aliphatic carbocycles.